The molecular weight excluding hydrogens is 234 g/mol. The lowest BCUT2D eigenvalue weighted by Crippen LogP contribution is -2.06. The van der Waals surface area contributed by atoms with Gasteiger partial charge in [-0.25, -0.2) is 9.97 Å². The molecule has 2 rings (SSSR count). The summed E-state index contributed by atoms with van der Waals surface area (Å²) >= 11 is 0. The number of nitrogen functional groups attached to an aromatic ring is 1. The van der Waals surface area contributed by atoms with Crippen molar-refractivity contribution < 1.29 is 0 Å². The van der Waals surface area contributed by atoms with Gasteiger partial charge >= 0.3 is 0 Å². The molecule has 3 nitrogen and oxygen atoms in total. The third-order valence-electron chi connectivity index (χ3n) is 3.07. The fourth-order valence-electron chi connectivity index (χ4n) is 2.16. The summed E-state index contributed by atoms with van der Waals surface area (Å²) in [5, 5.41) is 0. The summed E-state index contributed by atoms with van der Waals surface area (Å²) in [5.74, 6) is 1.94. The third kappa shape index (κ3) is 3.78. The molecule has 1 aromatic heterocycles. The van der Waals surface area contributed by atoms with Crippen LogP contribution in [0.15, 0.2) is 30.3 Å². The Kier molecular flexibility index (Phi) is 4.15. The van der Waals surface area contributed by atoms with Crippen molar-refractivity contribution in [3.05, 3.63) is 53.0 Å². The molecule has 1 heterocycles. The van der Waals surface area contributed by atoms with Gasteiger partial charge in [0.05, 0.1) is 0 Å². The van der Waals surface area contributed by atoms with Crippen LogP contribution in [-0.4, -0.2) is 9.97 Å². The molecule has 0 saturated carbocycles. The Hall–Kier alpha value is -1.90. The van der Waals surface area contributed by atoms with Crippen molar-refractivity contribution in [3.8, 4) is 0 Å². The monoisotopic (exact) mass is 255 g/mol. The first kappa shape index (κ1) is 13.5. The van der Waals surface area contributed by atoms with E-state index in [0.717, 1.165) is 24.4 Å². The van der Waals surface area contributed by atoms with Crippen molar-refractivity contribution in [1.82, 2.24) is 9.97 Å². The molecular formula is C16H21N3. The number of benzene rings is 1. The number of aromatic nitrogens is 2. The van der Waals surface area contributed by atoms with Gasteiger partial charge in [0.2, 0.25) is 0 Å². The molecule has 0 spiro atoms. The summed E-state index contributed by atoms with van der Waals surface area (Å²) in [6.45, 7) is 6.47. The Morgan fingerprint density at radius 1 is 1.16 bits per heavy atom. The van der Waals surface area contributed by atoms with Crippen LogP contribution in [0.2, 0.25) is 0 Å². The Labute approximate surface area is 114 Å². The van der Waals surface area contributed by atoms with Crippen molar-refractivity contribution in [3.63, 3.8) is 0 Å². The first-order chi connectivity index (χ1) is 9.04. The average Bonchev–Trinajstić information content (AvgIpc) is 2.30. The van der Waals surface area contributed by atoms with Gasteiger partial charge in [0.25, 0.3) is 0 Å². The molecule has 0 radical (unpaired) electrons. The predicted octanol–water partition coefficient (Wildman–Crippen LogP) is 3.16. The Morgan fingerprint density at radius 2 is 1.89 bits per heavy atom. The van der Waals surface area contributed by atoms with Crippen molar-refractivity contribution in [1.29, 1.82) is 0 Å². The van der Waals surface area contributed by atoms with Crippen LogP contribution in [-0.2, 0) is 12.8 Å². The highest BCUT2D eigenvalue weighted by Gasteiger charge is 2.07. The number of aryl methyl sites for hydroxylation is 1. The van der Waals surface area contributed by atoms with E-state index in [1.807, 2.05) is 18.2 Å². The standard InChI is InChI=1S/C16H21N3/c1-11(2)8-14-10-15(17)19-16(18-14)9-13-7-5-4-6-12(13)3/h4-7,10-11H,8-9H2,1-3H3,(H2,17,18,19). The summed E-state index contributed by atoms with van der Waals surface area (Å²) in [4.78, 5) is 8.96. The molecule has 2 N–H and O–H groups in total. The summed E-state index contributed by atoms with van der Waals surface area (Å²) in [7, 11) is 0. The second kappa shape index (κ2) is 5.83. The normalized spacial score (nSPS) is 10.9. The quantitative estimate of drug-likeness (QED) is 0.913. The topological polar surface area (TPSA) is 51.8 Å². The zero-order valence-corrected chi connectivity index (χ0v) is 11.9. The lowest BCUT2D eigenvalue weighted by Gasteiger charge is -2.09. The van der Waals surface area contributed by atoms with Gasteiger partial charge in [0, 0.05) is 18.2 Å². The van der Waals surface area contributed by atoms with E-state index in [4.69, 9.17) is 5.73 Å². The van der Waals surface area contributed by atoms with Crippen LogP contribution in [0.1, 0.15) is 36.5 Å². The van der Waals surface area contributed by atoms with Gasteiger partial charge in [-0.3, -0.25) is 0 Å². The molecule has 3 heteroatoms. The first-order valence-electron chi connectivity index (χ1n) is 6.71. The van der Waals surface area contributed by atoms with Crippen molar-refractivity contribution in [2.24, 2.45) is 5.92 Å². The van der Waals surface area contributed by atoms with Gasteiger partial charge in [-0.2, -0.15) is 0 Å². The van der Waals surface area contributed by atoms with E-state index in [-0.39, 0.29) is 0 Å². The van der Waals surface area contributed by atoms with Gasteiger partial charge in [-0.15, -0.1) is 0 Å². The van der Waals surface area contributed by atoms with E-state index in [1.54, 1.807) is 0 Å². The van der Waals surface area contributed by atoms with Crippen molar-refractivity contribution >= 4 is 5.82 Å². The fourth-order valence-corrected chi connectivity index (χ4v) is 2.16. The van der Waals surface area contributed by atoms with Crippen LogP contribution >= 0.6 is 0 Å². The minimum Gasteiger partial charge on any atom is -0.384 e. The van der Waals surface area contributed by atoms with Crippen LogP contribution in [0.5, 0.6) is 0 Å². The molecule has 100 valence electrons. The van der Waals surface area contributed by atoms with Gasteiger partial charge < -0.3 is 5.73 Å². The van der Waals surface area contributed by atoms with E-state index in [1.165, 1.54) is 11.1 Å². The largest absolute Gasteiger partial charge is 0.384 e. The fraction of sp³-hybridized carbons (Fsp3) is 0.375. The maximum absolute atomic E-state index is 5.88. The second-order valence-corrected chi connectivity index (χ2v) is 5.40. The number of nitrogens with two attached hydrogens (primary N) is 1. The molecule has 0 fully saturated rings. The SMILES string of the molecule is Cc1ccccc1Cc1nc(N)cc(CC(C)C)n1. The molecule has 19 heavy (non-hydrogen) atoms. The summed E-state index contributed by atoms with van der Waals surface area (Å²) in [5.41, 5.74) is 9.43. The highest BCUT2D eigenvalue weighted by Crippen LogP contribution is 2.14. The van der Waals surface area contributed by atoms with Gasteiger partial charge in [-0.05, 0) is 30.4 Å². The first-order valence-corrected chi connectivity index (χ1v) is 6.71. The molecule has 0 saturated heterocycles. The van der Waals surface area contributed by atoms with Crippen LogP contribution in [0.3, 0.4) is 0 Å². The zero-order valence-electron chi connectivity index (χ0n) is 11.9. The molecule has 1 aromatic carbocycles. The Morgan fingerprint density at radius 3 is 2.58 bits per heavy atom. The molecule has 0 bridgehead atoms. The number of rotatable bonds is 4. The van der Waals surface area contributed by atoms with Crippen molar-refractivity contribution in [2.75, 3.05) is 5.73 Å². The number of hydrogen-bond acceptors (Lipinski definition) is 3. The van der Waals surface area contributed by atoms with Crippen LogP contribution in [0.4, 0.5) is 5.82 Å². The number of anilines is 1. The van der Waals surface area contributed by atoms with E-state index < -0.39 is 0 Å². The number of hydrogen-bond donors (Lipinski definition) is 1. The predicted molar refractivity (Wildman–Crippen MR) is 79.0 cm³/mol. The van der Waals surface area contributed by atoms with E-state index in [2.05, 4.69) is 42.9 Å². The lowest BCUT2D eigenvalue weighted by atomic mass is 10.0. The highest BCUT2D eigenvalue weighted by atomic mass is 14.9. The van der Waals surface area contributed by atoms with Crippen LogP contribution < -0.4 is 5.73 Å². The molecule has 0 atom stereocenters. The lowest BCUT2D eigenvalue weighted by molar-refractivity contribution is 0.631. The molecule has 2 aromatic rings. The average molecular weight is 255 g/mol. The van der Waals surface area contributed by atoms with E-state index in [0.29, 0.717) is 11.7 Å². The van der Waals surface area contributed by atoms with Gasteiger partial charge in [-0.1, -0.05) is 38.1 Å². The molecule has 0 aliphatic heterocycles. The van der Waals surface area contributed by atoms with Crippen LogP contribution in [0.25, 0.3) is 0 Å². The maximum atomic E-state index is 5.88. The Balaban J connectivity index is 2.25. The molecule has 0 unspecified atom stereocenters. The summed E-state index contributed by atoms with van der Waals surface area (Å²) in [6, 6.07) is 10.2. The van der Waals surface area contributed by atoms with Gasteiger partial charge in [0.15, 0.2) is 0 Å². The summed E-state index contributed by atoms with van der Waals surface area (Å²) < 4.78 is 0. The maximum Gasteiger partial charge on any atom is 0.135 e. The second-order valence-electron chi connectivity index (χ2n) is 5.40. The van der Waals surface area contributed by atoms with Crippen LogP contribution in [0, 0.1) is 12.8 Å². The minimum absolute atomic E-state index is 0.564. The Bertz CT molecular complexity index is 562. The van der Waals surface area contributed by atoms with E-state index in [9.17, 15) is 0 Å². The van der Waals surface area contributed by atoms with Crippen molar-refractivity contribution in [2.45, 2.75) is 33.6 Å². The minimum atomic E-state index is 0.564. The summed E-state index contributed by atoms with van der Waals surface area (Å²) in [6.07, 6.45) is 1.68. The highest BCUT2D eigenvalue weighted by molar-refractivity contribution is 5.33. The molecule has 0 aliphatic rings. The zero-order chi connectivity index (χ0) is 13.8. The third-order valence-corrected chi connectivity index (χ3v) is 3.07. The smallest absolute Gasteiger partial charge is 0.135 e. The van der Waals surface area contributed by atoms with E-state index >= 15 is 0 Å². The van der Waals surface area contributed by atoms with Gasteiger partial charge in [0.1, 0.15) is 11.6 Å². The number of nitrogens with zero attached hydrogens (tertiary/aromatic N) is 2. The molecule has 0 aliphatic carbocycles. The molecule has 0 amide bonds.